The maximum absolute atomic E-state index is 12.7. The van der Waals surface area contributed by atoms with Gasteiger partial charge in [-0.2, -0.15) is 5.10 Å². The van der Waals surface area contributed by atoms with Gasteiger partial charge < -0.3 is 20.5 Å². The van der Waals surface area contributed by atoms with E-state index < -0.39 is 5.91 Å². The quantitative estimate of drug-likeness (QED) is 0.628. The Balaban J connectivity index is 1.15. The lowest BCUT2D eigenvalue weighted by Crippen LogP contribution is -2.58. The average Bonchev–Trinajstić information content (AvgIpc) is 3.14. The maximum atomic E-state index is 12.7. The maximum Gasteiger partial charge on any atom is 0.255 e. The van der Waals surface area contributed by atoms with Gasteiger partial charge in [0.1, 0.15) is 17.4 Å². The van der Waals surface area contributed by atoms with Crippen molar-refractivity contribution in [3.8, 4) is 11.6 Å². The first-order chi connectivity index (χ1) is 15.0. The summed E-state index contributed by atoms with van der Waals surface area (Å²) >= 11 is 0. The first kappa shape index (κ1) is 19.3. The van der Waals surface area contributed by atoms with Gasteiger partial charge >= 0.3 is 0 Å². The lowest BCUT2D eigenvalue weighted by Gasteiger charge is -2.57. The number of carbonyl (C=O) groups excluding carboxylic acids is 2. The molecule has 1 spiro atoms. The fourth-order valence-corrected chi connectivity index (χ4v) is 4.76. The van der Waals surface area contributed by atoms with E-state index in [9.17, 15) is 9.59 Å². The third-order valence-electron chi connectivity index (χ3n) is 6.30. The van der Waals surface area contributed by atoms with E-state index in [0.29, 0.717) is 22.8 Å². The first-order valence-electron chi connectivity index (χ1n) is 10.2. The van der Waals surface area contributed by atoms with Crippen LogP contribution in [-0.4, -0.2) is 45.7 Å². The standard InChI is InChI=1S/C22H23N5O4/c1-30-14-4-5-18-17(11-25-27(18)12-14)20(29)26-13-7-22(8-13)9-15(10-22)31-21-16(19(23)28)3-2-6-24-21/h2-6,11-13,15H,7-10H2,1H3,(H2,23,28)(H,26,29). The number of methoxy groups -OCH3 is 1. The Hall–Kier alpha value is -3.62. The summed E-state index contributed by atoms with van der Waals surface area (Å²) in [6.45, 7) is 0. The van der Waals surface area contributed by atoms with E-state index >= 15 is 0 Å². The van der Waals surface area contributed by atoms with Crippen LogP contribution in [0.15, 0.2) is 42.9 Å². The molecule has 2 amide bonds. The molecule has 2 fully saturated rings. The molecule has 3 aromatic rings. The highest BCUT2D eigenvalue weighted by atomic mass is 16.5. The number of nitrogens with zero attached hydrogens (tertiary/aromatic N) is 3. The molecule has 0 radical (unpaired) electrons. The summed E-state index contributed by atoms with van der Waals surface area (Å²) < 4.78 is 12.7. The third-order valence-corrected chi connectivity index (χ3v) is 6.30. The summed E-state index contributed by atoms with van der Waals surface area (Å²) in [6.07, 6.45) is 8.50. The Bertz CT molecular complexity index is 1160. The fraction of sp³-hybridized carbons (Fsp3) is 0.364. The lowest BCUT2D eigenvalue weighted by molar-refractivity contribution is -0.0848. The molecular weight excluding hydrogens is 398 g/mol. The van der Waals surface area contributed by atoms with Crippen LogP contribution < -0.4 is 20.5 Å². The number of hydrogen-bond acceptors (Lipinski definition) is 6. The summed E-state index contributed by atoms with van der Waals surface area (Å²) in [7, 11) is 1.59. The average molecular weight is 421 g/mol. The first-order valence-corrected chi connectivity index (χ1v) is 10.2. The molecule has 5 rings (SSSR count). The van der Waals surface area contributed by atoms with E-state index in [1.165, 1.54) is 0 Å². The van der Waals surface area contributed by atoms with E-state index in [4.69, 9.17) is 15.2 Å². The second-order valence-electron chi connectivity index (χ2n) is 8.40. The summed E-state index contributed by atoms with van der Waals surface area (Å²) in [5.74, 6) is 0.309. The Morgan fingerprint density at radius 3 is 2.74 bits per heavy atom. The number of fused-ring (bicyclic) bond motifs is 1. The van der Waals surface area contributed by atoms with Gasteiger partial charge in [-0.15, -0.1) is 0 Å². The van der Waals surface area contributed by atoms with Crippen molar-refractivity contribution in [3.63, 3.8) is 0 Å². The van der Waals surface area contributed by atoms with Crippen molar-refractivity contribution in [1.29, 1.82) is 0 Å². The molecule has 9 heteroatoms. The van der Waals surface area contributed by atoms with E-state index in [1.54, 1.807) is 42.3 Å². The summed E-state index contributed by atoms with van der Waals surface area (Å²) in [6, 6.07) is 7.05. The molecule has 0 aliphatic heterocycles. The Labute approximate surface area is 178 Å². The predicted molar refractivity (Wildman–Crippen MR) is 111 cm³/mol. The molecule has 3 heterocycles. The number of hydrogen-bond donors (Lipinski definition) is 2. The number of primary amides is 1. The van der Waals surface area contributed by atoms with E-state index in [1.807, 2.05) is 12.1 Å². The minimum atomic E-state index is -0.547. The zero-order valence-corrected chi connectivity index (χ0v) is 17.1. The predicted octanol–water partition coefficient (Wildman–Crippen LogP) is 1.96. The zero-order chi connectivity index (χ0) is 21.6. The third kappa shape index (κ3) is 3.45. The topological polar surface area (TPSA) is 121 Å². The number of nitrogens with one attached hydrogen (secondary N) is 1. The van der Waals surface area contributed by atoms with Crippen LogP contribution in [0.25, 0.3) is 5.52 Å². The lowest BCUT2D eigenvalue weighted by atomic mass is 9.53. The van der Waals surface area contributed by atoms with Crippen molar-refractivity contribution < 1.29 is 19.1 Å². The second kappa shape index (κ2) is 7.26. The molecule has 9 nitrogen and oxygen atoms in total. The van der Waals surface area contributed by atoms with Crippen LogP contribution in [0.3, 0.4) is 0 Å². The fourth-order valence-electron chi connectivity index (χ4n) is 4.76. The molecule has 0 unspecified atom stereocenters. The van der Waals surface area contributed by atoms with Gasteiger partial charge in [-0.1, -0.05) is 0 Å². The number of aromatic nitrogens is 3. The van der Waals surface area contributed by atoms with Crippen LogP contribution in [-0.2, 0) is 0 Å². The van der Waals surface area contributed by atoms with Crippen molar-refractivity contribution in [2.45, 2.75) is 37.8 Å². The van der Waals surface area contributed by atoms with Gasteiger partial charge in [-0.25, -0.2) is 9.50 Å². The number of ether oxygens (including phenoxy) is 2. The van der Waals surface area contributed by atoms with Crippen LogP contribution >= 0.6 is 0 Å². The molecule has 0 atom stereocenters. The largest absolute Gasteiger partial charge is 0.495 e. The van der Waals surface area contributed by atoms with Gasteiger partial charge in [0, 0.05) is 12.2 Å². The van der Waals surface area contributed by atoms with Crippen molar-refractivity contribution in [1.82, 2.24) is 19.9 Å². The van der Waals surface area contributed by atoms with Crippen molar-refractivity contribution in [2.24, 2.45) is 11.1 Å². The Morgan fingerprint density at radius 1 is 1.19 bits per heavy atom. The minimum absolute atomic E-state index is 0.0132. The van der Waals surface area contributed by atoms with Crippen LogP contribution in [0.2, 0.25) is 0 Å². The molecule has 3 N–H and O–H groups in total. The number of rotatable bonds is 6. The van der Waals surface area contributed by atoms with Gasteiger partial charge in [0.15, 0.2) is 0 Å². The highest BCUT2D eigenvalue weighted by Crippen LogP contribution is 2.56. The SMILES string of the molecule is COc1ccc2c(C(=O)NC3CC4(C3)CC(Oc3ncccc3C(N)=O)C4)cnn2c1. The van der Waals surface area contributed by atoms with Crippen LogP contribution in [0, 0.1) is 5.41 Å². The monoisotopic (exact) mass is 421 g/mol. The highest BCUT2D eigenvalue weighted by molar-refractivity contribution is 6.00. The molecular formula is C22H23N5O4. The molecule has 0 saturated heterocycles. The molecule has 0 aromatic carbocycles. The van der Waals surface area contributed by atoms with E-state index in [0.717, 1.165) is 31.2 Å². The summed E-state index contributed by atoms with van der Waals surface area (Å²) in [5, 5.41) is 7.36. The molecule has 2 aliphatic rings. The smallest absolute Gasteiger partial charge is 0.255 e. The highest BCUT2D eigenvalue weighted by Gasteiger charge is 2.54. The molecule has 160 valence electrons. The van der Waals surface area contributed by atoms with Gasteiger partial charge in [0.2, 0.25) is 5.88 Å². The molecule has 3 aromatic heterocycles. The van der Waals surface area contributed by atoms with Gasteiger partial charge in [0.05, 0.1) is 30.6 Å². The Morgan fingerprint density at radius 2 is 2.00 bits per heavy atom. The van der Waals surface area contributed by atoms with Gasteiger partial charge in [0.25, 0.3) is 11.8 Å². The van der Waals surface area contributed by atoms with Gasteiger partial charge in [-0.05, 0) is 55.4 Å². The number of pyridine rings is 2. The van der Waals surface area contributed by atoms with E-state index in [-0.39, 0.29) is 23.5 Å². The van der Waals surface area contributed by atoms with Crippen LogP contribution in [0.5, 0.6) is 11.6 Å². The van der Waals surface area contributed by atoms with Crippen LogP contribution in [0.1, 0.15) is 46.4 Å². The molecule has 0 bridgehead atoms. The van der Waals surface area contributed by atoms with Crippen LogP contribution in [0.4, 0.5) is 0 Å². The molecule has 2 saturated carbocycles. The number of amides is 2. The Kier molecular flexibility index (Phi) is 4.53. The summed E-state index contributed by atoms with van der Waals surface area (Å²) in [5.41, 5.74) is 7.16. The van der Waals surface area contributed by atoms with Crippen molar-refractivity contribution in [2.75, 3.05) is 7.11 Å². The number of carbonyl (C=O) groups is 2. The van der Waals surface area contributed by atoms with Crippen molar-refractivity contribution in [3.05, 3.63) is 54.0 Å². The summed E-state index contributed by atoms with van der Waals surface area (Å²) in [4.78, 5) is 28.4. The molecule has 2 aliphatic carbocycles. The molecule has 31 heavy (non-hydrogen) atoms. The minimum Gasteiger partial charge on any atom is -0.495 e. The number of nitrogens with two attached hydrogens (primary N) is 1. The zero-order valence-electron chi connectivity index (χ0n) is 17.1. The second-order valence-corrected chi connectivity index (χ2v) is 8.40. The van der Waals surface area contributed by atoms with Crippen molar-refractivity contribution >= 4 is 17.3 Å². The normalized spacial score (nSPS) is 24.3. The van der Waals surface area contributed by atoms with E-state index in [2.05, 4.69) is 15.4 Å². The van der Waals surface area contributed by atoms with Gasteiger partial charge in [-0.3, -0.25) is 9.59 Å².